The quantitative estimate of drug-likeness (QED) is 0.453. The van der Waals surface area contributed by atoms with E-state index in [2.05, 4.69) is 4.74 Å². The molecule has 0 N–H and O–H groups in total. The minimum Gasteiger partial charge on any atom is -0.463 e. The minimum atomic E-state index is -5.47. The predicted molar refractivity (Wildman–Crippen MR) is 60.3 cm³/mol. The van der Waals surface area contributed by atoms with Crippen molar-refractivity contribution in [2.45, 2.75) is 37.8 Å². The molecule has 0 radical (unpaired) electrons. The third-order valence-corrected chi connectivity index (χ3v) is 3.89. The Morgan fingerprint density at radius 2 is 1.85 bits per heavy atom. The van der Waals surface area contributed by atoms with Gasteiger partial charge in [-0.25, -0.2) is 13.6 Å². The van der Waals surface area contributed by atoms with Gasteiger partial charge in [0.05, 0.1) is 6.61 Å². The van der Waals surface area contributed by atoms with Crippen molar-refractivity contribution in [2.75, 3.05) is 6.61 Å². The number of carbonyl (C=O) groups excluding carboxylic acids is 1. The molecule has 0 spiro atoms. The number of rotatable bonds is 3. The summed E-state index contributed by atoms with van der Waals surface area (Å²) in [4.78, 5) is 11.8. The van der Waals surface area contributed by atoms with E-state index in [0.717, 1.165) is 12.2 Å². The number of halogens is 5. The first-order valence-corrected chi connectivity index (χ1v) is 6.35. The number of allylic oxidation sites excluding steroid dienone is 2. The van der Waals surface area contributed by atoms with Crippen LogP contribution < -0.4 is 0 Å². The van der Waals surface area contributed by atoms with Gasteiger partial charge >= 0.3 is 12.1 Å². The molecule has 1 fully saturated rings. The lowest BCUT2D eigenvalue weighted by Gasteiger charge is -2.39. The van der Waals surface area contributed by atoms with Gasteiger partial charge in [0.15, 0.2) is 0 Å². The molecule has 0 amide bonds. The average molecular weight is 298 g/mol. The number of alkyl halides is 5. The smallest absolute Gasteiger partial charge is 0.426 e. The van der Waals surface area contributed by atoms with Crippen molar-refractivity contribution in [3.05, 3.63) is 12.2 Å². The molecule has 7 heteroatoms. The SMILES string of the molecule is CC(C)COC(=O)C1(F)C2C=CC(C2)C1(F)C(F)(F)F. The van der Waals surface area contributed by atoms with Crippen LogP contribution in [0.5, 0.6) is 0 Å². The largest absolute Gasteiger partial charge is 0.463 e. The maximum atomic E-state index is 14.8. The average Bonchev–Trinajstić information content (AvgIpc) is 2.88. The summed E-state index contributed by atoms with van der Waals surface area (Å²) in [6.07, 6.45) is -3.72. The van der Waals surface area contributed by atoms with E-state index in [9.17, 15) is 26.7 Å². The lowest BCUT2D eigenvalue weighted by Crippen LogP contribution is -2.64. The summed E-state index contributed by atoms with van der Waals surface area (Å²) in [5.41, 5.74) is -7.91. The Bertz CT molecular complexity index is 445. The number of esters is 1. The first-order valence-electron chi connectivity index (χ1n) is 6.35. The van der Waals surface area contributed by atoms with Crippen LogP contribution in [0.15, 0.2) is 12.2 Å². The van der Waals surface area contributed by atoms with E-state index in [1.54, 1.807) is 13.8 Å². The summed E-state index contributed by atoms with van der Waals surface area (Å²) in [7, 11) is 0. The van der Waals surface area contributed by atoms with Crippen LogP contribution >= 0.6 is 0 Å². The van der Waals surface area contributed by atoms with Crippen molar-refractivity contribution in [3.8, 4) is 0 Å². The Morgan fingerprint density at radius 3 is 2.35 bits per heavy atom. The molecule has 0 aromatic carbocycles. The van der Waals surface area contributed by atoms with Gasteiger partial charge in [-0.3, -0.25) is 0 Å². The molecule has 4 atom stereocenters. The van der Waals surface area contributed by atoms with E-state index < -0.39 is 35.3 Å². The number of fused-ring (bicyclic) bond motifs is 2. The van der Waals surface area contributed by atoms with Crippen LogP contribution in [0.2, 0.25) is 0 Å². The maximum Gasteiger partial charge on any atom is 0.426 e. The summed E-state index contributed by atoms with van der Waals surface area (Å²) >= 11 is 0. The summed E-state index contributed by atoms with van der Waals surface area (Å²) in [5, 5.41) is 0. The molecule has 2 aliphatic rings. The van der Waals surface area contributed by atoms with E-state index in [0.29, 0.717) is 0 Å². The number of ether oxygens (including phenoxy) is 1. The van der Waals surface area contributed by atoms with Gasteiger partial charge in [-0.05, 0) is 12.3 Å². The molecular weight excluding hydrogens is 283 g/mol. The third-order valence-electron chi connectivity index (χ3n) is 3.89. The zero-order valence-electron chi connectivity index (χ0n) is 11.0. The van der Waals surface area contributed by atoms with Crippen LogP contribution in [0.1, 0.15) is 20.3 Å². The monoisotopic (exact) mass is 298 g/mol. The van der Waals surface area contributed by atoms with Crippen LogP contribution in [0.25, 0.3) is 0 Å². The highest BCUT2D eigenvalue weighted by Crippen LogP contribution is 2.63. The van der Waals surface area contributed by atoms with Gasteiger partial charge in [-0.15, -0.1) is 0 Å². The van der Waals surface area contributed by atoms with Crippen molar-refractivity contribution >= 4 is 5.97 Å². The molecule has 4 unspecified atom stereocenters. The molecule has 114 valence electrons. The fourth-order valence-corrected chi connectivity index (χ4v) is 2.89. The fourth-order valence-electron chi connectivity index (χ4n) is 2.89. The Kier molecular flexibility index (Phi) is 3.38. The first kappa shape index (κ1) is 15.3. The van der Waals surface area contributed by atoms with Gasteiger partial charge in [-0.2, -0.15) is 13.2 Å². The molecule has 1 saturated carbocycles. The topological polar surface area (TPSA) is 26.3 Å². The molecule has 0 aromatic rings. The normalized spacial score (nSPS) is 39.6. The molecule has 0 saturated heterocycles. The van der Waals surface area contributed by atoms with Gasteiger partial charge in [0, 0.05) is 11.8 Å². The van der Waals surface area contributed by atoms with E-state index in [-0.39, 0.29) is 18.9 Å². The van der Waals surface area contributed by atoms with E-state index in [1.165, 1.54) is 0 Å². The molecular formula is C13H15F5O2. The molecule has 2 bridgehead atoms. The zero-order chi connectivity index (χ0) is 15.3. The second-order valence-corrected chi connectivity index (χ2v) is 5.75. The van der Waals surface area contributed by atoms with E-state index in [4.69, 9.17) is 0 Å². The first-order chi connectivity index (χ1) is 9.05. The highest BCUT2D eigenvalue weighted by Gasteiger charge is 2.83. The Hall–Kier alpha value is -1.14. The van der Waals surface area contributed by atoms with Crippen LogP contribution in [-0.2, 0) is 9.53 Å². The molecule has 2 aliphatic carbocycles. The summed E-state index contributed by atoms with van der Waals surface area (Å²) in [5.74, 6) is -5.05. The van der Waals surface area contributed by atoms with Gasteiger partial charge in [-0.1, -0.05) is 26.0 Å². The molecule has 2 rings (SSSR count). The zero-order valence-corrected chi connectivity index (χ0v) is 11.0. The second kappa shape index (κ2) is 4.43. The molecule has 0 aliphatic heterocycles. The van der Waals surface area contributed by atoms with Crippen molar-refractivity contribution in [1.82, 2.24) is 0 Å². The van der Waals surface area contributed by atoms with Crippen LogP contribution in [0.4, 0.5) is 22.0 Å². The maximum absolute atomic E-state index is 14.8. The molecule has 2 nitrogen and oxygen atoms in total. The van der Waals surface area contributed by atoms with Gasteiger partial charge in [0.25, 0.3) is 11.3 Å². The summed E-state index contributed by atoms with van der Waals surface area (Å²) in [6.45, 7) is 3.04. The molecule has 0 heterocycles. The van der Waals surface area contributed by atoms with Crippen LogP contribution in [0.3, 0.4) is 0 Å². The number of carbonyl (C=O) groups is 1. The summed E-state index contributed by atoms with van der Waals surface area (Å²) in [6, 6.07) is 0. The van der Waals surface area contributed by atoms with Crippen molar-refractivity contribution in [1.29, 1.82) is 0 Å². The standard InChI is InChI=1S/C13H15F5O2/c1-7(2)6-20-10(19)11(14)8-3-4-9(5-8)12(11,15)13(16,17)18/h3-4,7-9H,5-6H2,1-2H3. The van der Waals surface area contributed by atoms with Crippen LogP contribution in [0, 0.1) is 17.8 Å². The Labute approximate surface area is 113 Å². The van der Waals surface area contributed by atoms with Crippen LogP contribution in [-0.4, -0.2) is 30.1 Å². The molecule has 0 aromatic heterocycles. The molecule has 20 heavy (non-hydrogen) atoms. The van der Waals surface area contributed by atoms with Gasteiger partial charge in [0.2, 0.25) is 0 Å². The van der Waals surface area contributed by atoms with Crippen molar-refractivity contribution in [2.24, 2.45) is 17.8 Å². The van der Waals surface area contributed by atoms with Crippen molar-refractivity contribution < 1.29 is 31.5 Å². The van der Waals surface area contributed by atoms with Gasteiger partial charge < -0.3 is 4.74 Å². The lowest BCUT2D eigenvalue weighted by atomic mass is 9.77. The summed E-state index contributed by atoms with van der Waals surface area (Å²) < 4.78 is 72.8. The number of hydrogen-bond donors (Lipinski definition) is 0. The minimum absolute atomic E-state index is 0.184. The Balaban J connectivity index is 2.37. The number of hydrogen-bond acceptors (Lipinski definition) is 2. The lowest BCUT2D eigenvalue weighted by molar-refractivity contribution is -0.278. The Morgan fingerprint density at radius 1 is 1.30 bits per heavy atom. The van der Waals surface area contributed by atoms with E-state index >= 15 is 0 Å². The van der Waals surface area contributed by atoms with Gasteiger partial charge in [0.1, 0.15) is 0 Å². The third kappa shape index (κ3) is 1.78. The highest BCUT2D eigenvalue weighted by molar-refractivity contribution is 5.84. The fraction of sp³-hybridized carbons (Fsp3) is 0.769. The second-order valence-electron chi connectivity index (χ2n) is 5.75. The van der Waals surface area contributed by atoms with Crippen molar-refractivity contribution in [3.63, 3.8) is 0 Å². The van der Waals surface area contributed by atoms with E-state index in [1.807, 2.05) is 0 Å². The predicted octanol–water partition coefficient (Wildman–Crippen LogP) is 3.37. The highest BCUT2D eigenvalue weighted by atomic mass is 19.4.